The third-order valence-corrected chi connectivity index (χ3v) is 6.77. The molecule has 0 aliphatic carbocycles. The number of anilines is 1. The molecule has 32 heavy (non-hydrogen) atoms. The zero-order valence-electron chi connectivity index (χ0n) is 18.0. The maximum Gasteiger partial charge on any atom is 0.264 e. The molecule has 2 heterocycles. The number of benzene rings is 2. The predicted molar refractivity (Wildman–Crippen MR) is 127 cm³/mol. The van der Waals surface area contributed by atoms with Crippen LogP contribution in [0.3, 0.4) is 0 Å². The van der Waals surface area contributed by atoms with Crippen LogP contribution in [-0.2, 0) is 11.2 Å². The van der Waals surface area contributed by atoms with Crippen molar-refractivity contribution in [2.45, 2.75) is 13.3 Å². The lowest BCUT2D eigenvalue weighted by Gasteiger charge is -2.34. The first kappa shape index (κ1) is 22.2. The smallest absolute Gasteiger partial charge is 0.264 e. The van der Waals surface area contributed by atoms with Gasteiger partial charge >= 0.3 is 0 Å². The number of amides is 2. The van der Waals surface area contributed by atoms with Gasteiger partial charge in [-0.05, 0) is 47.9 Å². The Bertz CT molecular complexity index is 1090. The number of nitrogens with zero attached hydrogens (tertiary/aromatic N) is 2. The van der Waals surface area contributed by atoms with E-state index in [1.807, 2.05) is 41.3 Å². The van der Waals surface area contributed by atoms with Gasteiger partial charge in [-0.2, -0.15) is 0 Å². The summed E-state index contributed by atoms with van der Waals surface area (Å²) in [6.45, 7) is 4.86. The van der Waals surface area contributed by atoms with Crippen LogP contribution in [0.2, 0.25) is 0 Å². The number of carbonyl (C=O) groups is 2. The molecule has 0 atom stereocenters. The van der Waals surface area contributed by atoms with E-state index in [1.165, 1.54) is 23.5 Å². The molecule has 5 nitrogen and oxygen atoms in total. The second-order valence-electron chi connectivity index (χ2n) is 7.80. The zero-order valence-corrected chi connectivity index (χ0v) is 18.8. The molecule has 1 aliphatic heterocycles. The molecule has 0 radical (unpaired) electrons. The fourth-order valence-corrected chi connectivity index (χ4v) is 4.81. The summed E-state index contributed by atoms with van der Waals surface area (Å²) in [5.41, 5.74) is 2.88. The minimum Gasteiger partial charge on any atom is -0.335 e. The molecule has 7 heteroatoms. The summed E-state index contributed by atoms with van der Waals surface area (Å²) in [6, 6.07) is 17.9. The van der Waals surface area contributed by atoms with Crippen molar-refractivity contribution in [1.29, 1.82) is 0 Å². The van der Waals surface area contributed by atoms with Crippen LogP contribution in [-0.4, -0.2) is 54.3 Å². The molecular weight excluding hydrogens is 425 g/mol. The highest BCUT2D eigenvalue weighted by Crippen LogP contribution is 2.29. The predicted octanol–water partition coefficient (Wildman–Crippen LogP) is 4.51. The summed E-state index contributed by atoms with van der Waals surface area (Å²) in [7, 11) is 0. The number of rotatable bonds is 6. The van der Waals surface area contributed by atoms with Crippen LogP contribution >= 0.6 is 11.3 Å². The van der Waals surface area contributed by atoms with Crippen molar-refractivity contribution in [2.75, 3.05) is 38.0 Å². The highest BCUT2D eigenvalue weighted by Gasteiger charge is 2.24. The van der Waals surface area contributed by atoms with Crippen LogP contribution < -0.4 is 5.32 Å². The third kappa shape index (κ3) is 5.23. The molecule has 3 aromatic rings. The van der Waals surface area contributed by atoms with Crippen LogP contribution in [0.1, 0.15) is 22.2 Å². The number of aryl methyl sites for hydroxylation is 1. The fraction of sp³-hybridized carbons (Fsp3) is 0.280. The Labute approximate surface area is 191 Å². The Hall–Kier alpha value is -3.03. The zero-order chi connectivity index (χ0) is 22.5. The van der Waals surface area contributed by atoms with Gasteiger partial charge in [0, 0.05) is 36.7 Å². The average molecular weight is 452 g/mol. The molecule has 2 amide bonds. The highest BCUT2D eigenvalue weighted by atomic mass is 32.1. The molecule has 0 saturated carbocycles. The Kier molecular flexibility index (Phi) is 6.97. The van der Waals surface area contributed by atoms with Gasteiger partial charge in [0.1, 0.15) is 5.82 Å². The van der Waals surface area contributed by atoms with Gasteiger partial charge in [0.05, 0.1) is 11.4 Å². The molecule has 1 aliphatic rings. The van der Waals surface area contributed by atoms with Gasteiger partial charge in [0.25, 0.3) is 5.91 Å². The van der Waals surface area contributed by atoms with Gasteiger partial charge < -0.3 is 10.2 Å². The van der Waals surface area contributed by atoms with Gasteiger partial charge in [-0.15, -0.1) is 11.3 Å². The maximum atomic E-state index is 13.1. The first-order valence-electron chi connectivity index (χ1n) is 10.8. The van der Waals surface area contributed by atoms with Crippen molar-refractivity contribution in [3.63, 3.8) is 0 Å². The first-order valence-corrected chi connectivity index (χ1v) is 11.6. The van der Waals surface area contributed by atoms with Crippen LogP contribution in [0.15, 0.2) is 60.7 Å². The van der Waals surface area contributed by atoms with Crippen molar-refractivity contribution in [2.24, 2.45) is 0 Å². The van der Waals surface area contributed by atoms with Crippen LogP contribution in [0, 0.1) is 5.82 Å². The summed E-state index contributed by atoms with van der Waals surface area (Å²) in [6.07, 6.45) is 0.864. The van der Waals surface area contributed by atoms with Gasteiger partial charge in [0.15, 0.2) is 0 Å². The molecule has 1 aromatic heterocycles. The lowest BCUT2D eigenvalue weighted by atomic mass is 10.1. The Morgan fingerprint density at radius 1 is 0.969 bits per heavy atom. The van der Waals surface area contributed by atoms with E-state index in [9.17, 15) is 14.0 Å². The molecule has 4 rings (SSSR count). The summed E-state index contributed by atoms with van der Waals surface area (Å²) < 4.78 is 13.1. The number of piperazine rings is 1. The second-order valence-corrected chi connectivity index (χ2v) is 8.88. The van der Waals surface area contributed by atoms with E-state index in [0.717, 1.165) is 28.1 Å². The van der Waals surface area contributed by atoms with Crippen molar-refractivity contribution in [3.05, 3.63) is 76.9 Å². The molecular formula is C25H26FN3O2S. The molecule has 0 bridgehead atoms. The molecule has 1 fully saturated rings. The standard InChI is InChI=1S/C25H26FN3O2S/c1-2-18-5-3-4-6-21(18)27-24(30)17-28-13-15-29(16-14-28)25(31)23-12-11-22(32-23)19-7-9-20(26)10-8-19/h3-12H,2,13-17H2,1H3,(H,27,30). The van der Waals surface area contributed by atoms with Gasteiger partial charge in [0.2, 0.25) is 5.91 Å². The minimum atomic E-state index is -0.275. The number of hydrogen-bond donors (Lipinski definition) is 1. The van der Waals surface area contributed by atoms with Crippen molar-refractivity contribution < 1.29 is 14.0 Å². The largest absolute Gasteiger partial charge is 0.335 e. The van der Waals surface area contributed by atoms with E-state index < -0.39 is 0 Å². The number of halogens is 1. The monoisotopic (exact) mass is 451 g/mol. The van der Waals surface area contributed by atoms with E-state index in [2.05, 4.69) is 17.1 Å². The van der Waals surface area contributed by atoms with Crippen LogP contribution in [0.4, 0.5) is 10.1 Å². The van der Waals surface area contributed by atoms with Gasteiger partial charge in [-0.25, -0.2) is 4.39 Å². The Morgan fingerprint density at radius 2 is 1.69 bits per heavy atom. The summed E-state index contributed by atoms with van der Waals surface area (Å²) >= 11 is 1.42. The van der Waals surface area contributed by atoms with E-state index in [4.69, 9.17) is 0 Å². The Balaban J connectivity index is 1.29. The van der Waals surface area contributed by atoms with Crippen LogP contribution in [0.25, 0.3) is 10.4 Å². The molecule has 2 aromatic carbocycles. The molecule has 0 spiro atoms. The number of carbonyl (C=O) groups excluding carboxylic acids is 2. The van der Waals surface area contributed by atoms with Crippen molar-refractivity contribution in [1.82, 2.24) is 9.80 Å². The van der Waals surface area contributed by atoms with E-state index >= 15 is 0 Å². The lowest BCUT2D eigenvalue weighted by Crippen LogP contribution is -2.50. The number of nitrogens with one attached hydrogen (secondary N) is 1. The van der Waals surface area contributed by atoms with E-state index in [0.29, 0.717) is 37.6 Å². The molecule has 0 unspecified atom stereocenters. The number of hydrogen-bond acceptors (Lipinski definition) is 4. The minimum absolute atomic E-state index is 0.00402. The number of para-hydroxylation sites is 1. The van der Waals surface area contributed by atoms with E-state index in [-0.39, 0.29) is 17.6 Å². The SMILES string of the molecule is CCc1ccccc1NC(=O)CN1CCN(C(=O)c2ccc(-c3ccc(F)cc3)s2)CC1. The fourth-order valence-electron chi connectivity index (χ4n) is 3.83. The molecule has 1 N–H and O–H groups in total. The first-order chi connectivity index (χ1) is 15.5. The normalized spacial score (nSPS) is 14.4. The average Bonchev–Trinajstić information content (AvgIpc) is 3.30. The Morgan fingerprint density at radius 3 is 2.41 bits per heavy atom. The van der Waals surface area contributed by atoms with E-state index in [1.54, 1.807) is 12.1 Å². The third-order valence-electron chi connectivity index (χ3n) is 5.64. The molecule has 166 valence electrons. The topological polar surface area (TPSA) is 52.7 Å². The summed E-state index contributed by atoms with van der Waals surface area (Å²) in [5, 5.41) is 3.01. The maximum absolute atomic E-state index is 13.1. The second kappa shape index (κ2) is 10.1. The lowest BCUT2D eigenvalue weighted by molar-refractivity contribution is -0.117. The van der Waals surface area contributed by atoms with Gasteiger partial charge in [-0.3, -0.25) is 14.5 Å². The highest BCUT2D eigenvalue weighted by molar-refractivity contribution is 7.17. The summed E-state index contributed by atoms with van der Waals surface area (Å²) in [4.78, 5) is 30.9. The molecule has 1 saturated heterocycles. The van der Waals surface area contributed by atoms with Gasteiger partial charge in [-0.1, -0.05) is 37.3 Å². The quantitative estimate of drug-likeness (QED) is 0.600. The van der Waals surface area contributed by atoms with Crippen LogP contribution in [0.5, 0.6) is 0 Å². The van der Waals surface area contributed by atoms with Crippen molar-refractivity contribution >= 4 is 28.8 Å². The number of thiophene rings is 1. The summed E-state index contributed by atoms with van der Waals surface area (Å²) in [5.74, 6) is -0.306. The van der Waals surface area contributed by atoms with Crippen molar-refractivity contribution in [3.8, 4) is 10.4 Å².